The average Bonchev–Trinajstić information content (AvgIpc) is 2.84. The van der Waals surface area contributed by atoms with Crippen molar-refractivity contribution in [2.45, 2.75) is 147 Å². The van der Waals surface area contributed by atoms with Crippen LogP contribution < -0.4 is 0 Å². The number of hydrogen-bond donors (Lipinski definition) is 2. The third-order valence-corrected chi connectivity index (χ3v) is 7.16. The maximum Gasteiger partial charge on any atom is 0.303 e. The first-order valence-electron chi connectivity index (χ1n) is 14.6. The fraction of sp³-hybridized carbons (Fsp3) is 0.742. The Bertz CT molecular complexity index is 592. The molecule has 0 aliphatic heterocycles. The standard InChI is InChI=1S/C31H52O4/c32-30(33)26-20-13-9-5-1-3-7-11-16-22-28(29-24-18-15-19-25-29)23-17-12-8-4-2-6-10-14-21-27-31(34)35/h15,18-19,24-25,28H,1-14,16-17,20-23,26-27H2,(H,32,33)(H,34,35). The highest BCUT2D eigenvalue weighted by atomic mass is 16.4. The van der Waals surface area contributed by atoms with Crippen molar-refractivity contribution in [3.05, 3.63) is 35.9 Å². The van der Waals surface area contributed by atoms with Crippen molar-refractivity contribution in [3.63, 3.8) is 0 Å². The molecule has 0 unspecified atom stereocenters. The largest absolute Gasteiger partial charge is 0.481 e. The number of benzene rings is 1. The highest BCUT2D eigenvalue weighted by molar-refractivity contribution is 5.66. The van der Waals surface area contributed by atoms with Crippen LogP contribution in [0.1, 0.15) is 153 Å². The van der Waals surface area contributed by atoms with Gasteiger partial charge in [0.1, 0.15) is 0 Å². The van der Waals surface area contributed by atoms with E-state index < -0.39 is 11.9 Å². The smallest absolute Gasteiger partial charge is 0.303 e. The molecule has 1 aromatic carbocycles. The van der Waals surface area contributed by atoms with Crippen LogP contribution in [0.2, 0.25) is 0 Å². The summed E-state index contributed by atoms with van der Waals surface area (Å²) in [6.45, 7) is 0. The fourth-order valence-electron chi connectivity index (χ4n) is 5.01. The first kappa shape index (κ1) is 31.2. The van der Waals surface area contributed by atoms with Crippen LogP contribution in [0.25, 0.3) is 0 Å². The SMILES string of the molecule is O=C(O)CCCCCCCCCCCC(CCCCCCCCCCCC(=O)O)c1ccccc1. The number of rotatable bonds is 25. The van der Waals surface area contributed by atoms with Crippen molar-refractivity contribution in [1.29, 1.82) is 0 Å². The van der Waals surface area contributed by atoms with Gasteiger partial charge in [0.15, 0.2) is 0 Å². The van der Waals surface area contributed by atoms with E-state index in [4.69, 9.17) is 10.2 Å². The number of carbonyl (C=O) groups is 2. The molecule has 1 rings (SSSR count). The summed E-state index contributed by atoms with van der Waals surface area (Å²) in [5.41, 5.74) is 1.51. The molecular weight excluding hydrogens is 436 g/mol. The van der Waals surface area contributed by atoms with Gasteiger partial charge in [-0.15, -0.1) is 0 Å². The van der Waals surface area contributed by atoms with Gasteiger partial charge >= 0.3 is 11.9 Å². The second-order valence-electron chi connectivity index (χ2n) is 10.3. The fourth-order valence-corrected chi connectivity index (χ4v) is 5.01. The van der Waals surface area contributed by atoms with E-state index in [1.54, 1.807) is 0 Å². The molecule has 0 heterocycles. The van der Waals surface area contributed by atoms with Crippen molar-refractivity contribution in [1.82, 2.24) is 0 Å². The van der Waals surface area contributed by atoms with E-state index in [2.05, 4.69) is 30.3 Å². The van der Waals surface area contributed by atoms with E-state index in [0.717, 1.165) is 25.7 Å². The molecule has 1 aromatic rings. The second-order valence-corrected chi connectivity index (χ2v) is 10.3. The highest BCUT2D eigenvalue weighted by Crippen LogP contribution is 2.28. The lowest BCUT2D eigenvalue weighted by Crippen LogP contribution is -2.00. The molecule has 0 fully saturated rings. The molecular formula is C31H52O4. The zero-order valence-corrected chi connectivity index (χ0v) is 22.2. The van der Waals surface area contributed by atoms with E-state index in [1.807, 2.05) is 0 Å². The molecule has 0 atom stereocenters. The molecule has 0 saturated carbocycles. The van der Waals surface area contributed by atoms with Crippen LogP contribution >= 0.6 is 0 Å². The Balaban J connectivity index is 2.07. The summed E-state index contributed by atoms with van der Waals surface area (Å²) in [6, 6.07) is 11.1. The van der Waals surface area contributed by atoms with Gasteiger partial charge in [0.05, 0.1) is 0 Å². The molecule has 0 saturated heterocycles. The molecule has 2 N–H and O–H groups in total. The van der Waals surface area contributed by atoms with Crippen LogP contribution in [0.3, 0.4) is 0 Å². The molecule has 0 spiro atoms. The summed E-state index contributed by atoms with van der Waals surface area (Å²) in [7, 11) is 0. The molecule has 0 aliphatic carbocycles. The number of unbranched alkanes of at least 4 members (excludes halogenated alkanes) is 16. The highest BCUT2D eigenvalue weighted by Gasteiger charge is 2.11. The average molecular weight is 489 g/mol. The van der Waals surface area contributed by atoms with Crippen LogP contribution in [0.5, 0.6) is 0 Å². The molecule has 200 valence electrons. The maximum absolute atomic E-state index is 10.5. The minimum atomic E-state index is -0.669. The Labute approximate surface area is 214 Å². The van der Waals surface area contributed by atoms with Crippen LogP contribution in [0, 0.1) is 0 Å². The predicted octanol–water partition coefficient (Wildman–Crippen LogP) is 9.52. The van der Waals surface area contributed by atoms with Crippen molar-refractivity contribution in [2.24, 2.45) is 0 Å². The minimum absolute atomic E-state index is 0.320. The zero-order chi connectivity index (χ0) is 25.4. The normalized spacial score (nSPS) is 11.2. The summed E-state index contributed by atoms with van der Waals surface area (Å²) in [5, 5.41) is 17.3. The Morgan fingerprint density at radius 3 is 1.14 bits per heavy atom. The van der Waals surface area contributed by atoms with Gasteiger partial charge in [0.25, 0.3) is 0 Å². The van der Waals surface area contributed by atoms with Gasteiger partial charge in [-0.25, -0.2) is 0 Å². The summed E-state index contributed by atoms with van der Waals surface area (Å²) in [4.78, 5) is 21.0. The third kappa shape index (κ3) is 20.1. The van der Waals surface area contributed by atoms with Gasteiger partial charge in [0, 0.05) is 12.8 Å². The monoisotopic (exact) mass is 488 g/mol. The van der Waals surface area contributed by atoms with E-state index in [1.165, 1.54) is 108 Å². The van der Waals surface area contributed by atoms with Crippen LogP contribution in [-0.4, -0.2) is 22.2 Å². The van der Waals surface area contributed by atoms with Crippen molar-refractivity contribution >= 4 is 11.9 Å². The summed E-state index contributed by atoms with van der Waals surface area (Å²) >= 11 is 0. The first-order chi connectivity index (χ1) is 17.1. The lowest BCUT2D eigenvalue weighted by Gasteiger charge is -2.17. The Hall–Kier alpha value is -1.84. The molecule has 4 nitrogen and oxygen atoms in total. The van der Waals surface area contributed by atoms with Gasteiger partial charge in [-0.3, -0.25) is 9.59 Å². The summed E-state index contributed by atoms with van der Waals surface area (Å²) < 4.78 is 0. The quantitative estimate of drug-likeness (QED) is 0.134. The molecule has 35 heavy (non-hydrogen) atoms. The van der Waals surface area contributed by atoms with Gasteiger partial charge in [-0.05, 0) is 37.2 Å². The van der Waals surface area contributed by atoms with Crippen molar-refractivity contribution in [2.75, 3.05) is 0 Å². The van der Waals surface area contributed by atoms with Gasteiger partial charge < -0.3 is 10.2 Å². The molecule has 4 heteroatoms. The van der Waals surface area contributed by atoms with E-state index in [9.17, 15) is 9.59 Å². The number of aliphatic carboxylic acids is 2. The Kier molecular flexibility index (Phi) is 20.2. The number of carboxylic acids is 2. The lowest BCUT2D eigenvalue weighted by molar-refractivity contribution is -0.138. The predicted molar refractivity (Wildman–Crippen MR) is 146 cm³/mol. The minimum Gasteiger partial charge on any atom is -0.481 e. The van der Waals surface area contributed by atoms with Gasteiger partial charge in [-0.2, -0.15) is 0 Å². The topological polar surface area (TPSA) is 74.6 Å². The third-order valence-electron chi connectivity index (χ3n) is 7.16. The second kappa shape index (κ2) is 22.6. The van der Waals surface area contributed by atoms with Crippen LogP contribution in [0.4, 0.5) is 0 Å². The zero-order valence-electron chi connectivity index (χ0n) is 22.2. The maximum atomic E-state index is 10.5. The summed E-state index contributed by atoms with van der Waals surface area (Å²) in [6.07, 6.45) is 25.0. The molecule has 0 radical (unpaired) electrons. The van der Waals surface area contributed by atoms with Gasteiger partial charge in [-0.1, -0.05) is 133 Å². The van der Waals surface area contributed by atoms with Crippen molar-refractivity contribution in [3.8, 4) is 0 Å². The molecule has 0 aliphatic rings. The van der Waals surface area contributed by atoms with Crippen molar-refractivity contribution < 1.29 is 19.8 Å². The van der Waals surface area contributed by atoms with E-state index >= 15 is 0 Å². The Morgan fingerprint density at radius 1 is 0.486 bits per heavy atom. The number of carboxylic acid groups (broad SMARTS) is 2. The van der Waals surface area contributed by atoms with Gasteiger partial charge in [0.2, 0.25) is 0 Å². The lowest BCUT2D eigenvalue weighted by atomic mass is 9.88. The molecule has 0 aromatic heterocycles. The van der Waals surface area contributed by atoms with E-state index in [-0.39, 0.29) is 0 Å². The van der Waals surface area contributed by atoms with E-state index in [0.29, 0.717) is 18.8 Å². The van der Waals surface area contributed by atoms with Crippen LogP contribution in [-0.2, 0) is 9.59 Å². The van der Waals surface area contributed by atoms with Crippen LogP contribution in [0.15, 0.2) is 30.3 Å². The first-order valence-corrected chi connectivity index (χ1v) is 14.6. The molecule has 0 bridgehead atoms. The Morgan fingerprint density at radius 2 is 0.800 bits per heavy atom. The summed E-state index contributed by atoms with van der Waals surface area (Å²) in [5.74, 6) is -0.645. The number of hydrogen-bond acceptors (Lipinski definition) is 2. The molecule has 0 amide bonds.